The fourth-order valence-corrected chi connectivity index (χ4v) is 4.93. The zero-order valence-electron chi connectivity index (χ0n) is 17.0. The summed E-state index contributed by atoms with van der Waals surface area (Å²) in [7, 11) is 5.87. The van der Waals surface area contributed by atoms with E-state index in [9.17, 15) is 10.2 Å². The van der Waals surface area contributed by atoms with Gasteiger partial charge in [0.25, 0.3) is 0 Å². The molecule has 27 heavy (non-hydrogen) atoms. The molecular weight excluding hydrogens is 338 g/mol. The lowest BCUT2D eigenvalue weighted by atomic mass is 9.84. The SMILES string of the molecule is COc1ccc(C[C@@H]2[C@H]3CC(CCCCCN(C)C)=C[C@H]3C[C@H]2O)c(O)c1. The van der Waals surface area contributed by atoms with Crippen molar-refractivity contribution in [1.82, 2.24) is 4.90 Å². The second kappa shape index (κ2) is 9.11. The monoisotopic (exact) mass is 373 g/mol. The predicted molar refractivity (Wildman–Crippen MR) is 109 cm³/mol. The molecule has 0 spiro atoms. The van der Waals surface area contributed by atoms with Gasteiger partial charge in [0.1, 0.15) is 11.5 Å². The first-order valence-electron chi connectivity index (χ1n) is 10.4. The Balaban J connectivity index is 1.53. The van der Waals surface area contributed by atoms with E-state index >= 15 is 0 Å². The second-order valence-electron chi connectivity index (χ2n) is 8.64. The molecule has 2 aliphatic rings. The molecule has 0 amide bonds. The van der Waals surface area contributed by atoms with Gasteiger partial charge in [0.2, 0.25) is 0 Å². The molecular formula is C23H35NO3. The number of unbranched alkanes of at least 4 members (excludes halogenated alkanes) is 2. The lowest BCUT2D eigenvalue weighted by Crippen LogP contribution is -2.22. The lowest BCUT2D eigenvalue weighted by Gasteiger charge is -2.22. The second-order valence-corrected chi connectivity index (χ2v) is 8.64. The molecule has 0 aliphatic heterocycles. The largest absolute Gasteiger partial charge is 0.508 e. The summed E-state index contributed by atoms with van der Waals surface area (Å²) in [5.74, 6) is 2.22. The third kappa shape index (κ3) is 5.05. The highest BCUT2D eigenvalue weighted by atomic mass is 16.5. The van der Waals surface area contributed by atoms with Gasteiger partial charge in [-0.05, 0) is 88.5 Å². The van der Waals surface area contributed by atoms with Crippen molar-refractivity contribution < 1.29 is 14.9 Å². The molecule has 2 N–H and O–H groups in total. The number of phenols is 1. The van der Waals surface area contributed by atoms with Crippen LogP contribution in [-0.4, -0.2) is 49.0 Å². The first-order valence-corrected chi connectivity index (χ1v) is 10.4. The minimum absolute atomic E-state index is 0.233. The fraction of sp³-hybridized carbons (Fsp3) is 0.652. The zero-order chi connectivity index (χ0) is 19.4. The third-order valence-corrected chi connectivity index (χ3v) is 6.41. The van der Waals surface area contributed by atoms with Crippen molar-refractivity contribution in [2.45, 2.75) is 51.0 Å². The van der Waals surface area contributed by atoms with Crippen molar-refractivity contribution in [2.24, 2.45) is 17.8 Å². The van der Waals surface area contributed by atoms with Crippen molar-refractivity contribution >= 4 is 0 Å². The Kier molecular flexibility index (Phi) is 6.83. The molecule has 0 unspecified atom stereocenters. The Bertz CT molecular complexity index is 655. The fourth-order valence-electron chi connectivity index (χ4n) is 4.93. The molecule has 0 radical (unpaired) electrons. The molecule has 4 atom stereocenters. The number of methoxy groups -OCH3 is 1. The number of benzene rings is 1. The maximum atomic E-state index is 10.6. The van der Waals surface area contributed by atoms with Crippen LogP contribution in [0.5, 0.6) is 11.5 Å². The number of aliphatic hydroxyl groups excluding tert-OH is 1. The van der Waals surface area contributed by atoms with Crippen molar-refractivity contribution in [3.63, 3.8) is 0 Å². The average molecular weight is 374 g/mol. The summed E-state index contributed by atoms with van der Waals surface area (Å²) in [6.07, 6.45) is 9.95. The first kappa shape index (κ1) is 20.2. The summed E-state index contributed by atoms with van der Waals surface area (Å²) in [5, 5.41) is 20.9. The summed E-state index contributed by atoms with van der Waals surface area (Å²) in [6.45, 7) is 1.17. The number of allylic oxidation sites excluding steroid dienone is 2. The van der Waals surface area contributed by atoms with Crippen LogP contribution >= 0.6 is 0 Å². The number of aliphatic hydroxyl groups is 1. The van der Waals surface area contributed by atoms with E-state index in [1.165, 1.54) is 32.2 Å². The number of phenolic OH excluding ortho intramolecular Hbond substituents is 1. The predicted octanol–water partition coefficient (Wildman–Crippen LogP) is 4.01. The van der Waals surface area contributed by atoms with E-state index < -0.39 is 0 Å². The topological polar surface area (TPSA) is 52.9 Å². The first-order chi connectivity index (χ1) is 13.0. The van der Waals surface area contributed by atoms with Crippen molar-refractivity contribution in [3.8, 4) is 11.5 Å². The number of ether oxygens (including phenoxy) is 1. The molecule has 1 aromatic carbocycles. The Labute approximate surface area is 163 Å². The smallest absolute Gasteiger partial charge is 0.122 e. The molecule has 2 aliphatic carbocycles. The van der Waals surface area contributed by atoms with E-state index in [0.717, 1.165) is 24.8 Å². The number of rotatable bonds is 9. The zero-order valence-corrected chi connectivity index (χ0v) is 17.0. The van der Waals surface area contributed by atoms with E-state index in [1.807, 2.05) is 12.1 Å². The summed E-state index contributed by atoms with van der Waals surface area (Å²) < 4.78 is 5.17. The summed E-state index contributed by atoms with van der Waals surface area (Å²) in [6, 6.07) is 5.49. The molecule has 0 saturated heterocycles. The van der Waals surface area contributed by atoms with Crippen LogP contribution < -0.4 is 4.74 Å². The van der Waals surface area contributed by atoms with Crippen LogP contribution in [-0.2, 0) is 6.42 Å². The normalized spacial score (nSPS) is 27.1. The van der Waals surface area contributed by atoms with E-state index in [1.54, 1.807) is 18.7 Å². The van der Waals surface area contributed by atoms with Crippen LogP contribution in [0.3, 0.4) is 0 Å². The van der Waals surface area contributed by atoms with E-state index in [2.05, 4.69) is 25.1 Å². The van der Waals surface area contributed by atoms with Crippen LogP contribution in [0.2, 0.25) is 0 Å². The molecule has 4 heteroatoms. The molecule has 150 valence electrons. The number of hydrogen-bond donors (Lipinski definition) is 2. The van der Waals surface area contributed by atoms with Crippen LogP contribution in [0.15, 0.2) is 29.8 Å². The quantitative estimate of drug-likeness (QED) is 0.507. The highest BCUT2D eigenvalue weighted by molar-refractivity contribution is 5.40. The van der Waals surface area contributed by atoms with Crippen LogP contribution in [0.25, 0.3) is 0 Å². The molecule has 3 rings (SSSR count). The molecule has 0 heterocycles. The van der Waals surface area contributed by atoms with Gasteiger partial charge in [0.05, 0.1) is 13.2 Å². The van der Waals surface area contributed by atoms with Crippen LogP contribution in [0, 0.1) is 17.8 Å². The van der Waals surface area contributed by atoms with Gasteiger partial charge in [0, 0.05) is 6.07 Å². The van der Waals surface area contributed by atoms with Gasteiger partial charge >= 0.3 is 0 Å². The van der Waals surface area contributed by atoms with Crippen molar-refractivity contribution in [1.29, 1.82) is 0 Å². The molecule has 4 nitrogen and oxygen atoms in total. The third-order valence-electron chi connectivity index (χ3n) is 6.41. The van der Waals surface area contributed by atoms with Crippen molar-refractivity contribution in [3.05, 3.63) is 35.4 Å². The number of nitrogens with zero attached hydrogens (tertiary/aromatic N) is 1. The Morgan fingerprint density at radius 1 is 1.19 bits per heavy atom. The van der Waals surface area contributed by atoms with E-state index in [0.29, 0.717) is 17.6 Å². The maximum Gasteiger partial charge on any atom is 0.122 e. The van der Waals surface area contributed by atoms with Gasteiger partial charge in [-0.25, -0.2) is 0 Å². The maximum absolute atomic E-state index is 10.6. The summed E-state index contributed by atoms with van der Waals surface area (Å²) in [5.41, 5.74) is 2.50. The molecule has 1 saturated carbocycles. The van der Waals surface area contributed by atoms with Gasteiger partial charge in [-0.3, -0.25) is 0 Å². The van der Waals surface area contributed by atoms with Crippen LogP contribution in [0.4, 0.5) is 0 Å². The van der Waals surface area contributed by atoms with Gasteiger partial charge in [-0.1, -0.05) is 24.1 Å². The van der Waals surface area contributed by atoms with E-state index in [4.69, 9.17) is 4.74 Å². The molecule has 1 fully saturated rings. The van der Waals surface area contributed by atoms with Crippen molar-refractivity contribution in [2.75, 3.05) is 27.7 Å². The van der Waals surface area contributed by atoms with Gasteiger partial charge < -0.3 is 19.8 Å². The highest BCUT2D eigenvalue weighted by Gasteiger charge is 2.44. The van der Waals surface area contributed by atoms with Gasteiger partial charge in [0.15, 0.2) is 0 Å². The van der Waals surface area contributed by atoms with Gasteiger partial charge in [-0.2, -0.15) is 0 Å². The molecule has 1 aromatic rings. The summed E-state index contributed by atoms with van der Waals surface area (Å²) in [4.78, 5) is 2.25. The minimum atomic E-state index is -0.264. The Hall–Kier alpha value is -1.52. The Morgan fingerprint density at radius 3 is 2.70 bits per heavy atom. The number of aromatic hydroxyl groups is 1. The molecule has 0 bridgehead atoms. The average Bonchev–Trinajstić information content (AvgIpc) is 3.13. The van der Waals surface area contributed by atoms with E-state index in [-0.39, 0.29) is 17.8 Å². The number of hydrogen-bond acceptors (Lipinski definition) is 4. The van der Waals surface area contributed by atoms with Gasteiger partial charge in [-0.15, -0.1) is 0 Å². The standard InChI is InChI=1S/C23H35NO3/c1-24(2)10-6-4-5-7-16-11-18-14-23(26)21(20(18)12-16)13-17-8-9-19(27-3)15-22(17)25/h8-9,11,15,18,20-21,23,25-26H,4-7,10,12-14H2,1-3H3/t18-,20-,21+,23+/m0/s1. The minimum Gasteiger partial charge on any atom is -0.508 e. The van der Waals surface area contributed by atoms with Crippen LogP contribution in [0.1, 0.15) is 44.1 Å². The highest BCUT2D eigenvalue weighted by Crippen LogP contribution is 2.49. The summed E-state index contributed by atoms with van der Waals surface area (Å²) >= 11 is 0. The molecule has 0 aromatic heterocycles. The number of fused-ring (bicyclic) bond motifs is 1. The lowest BCUT2D eigenvalue weighted by molar-refractivity contribution is 0.116. The Morgan fingerprint density at radius 2 is 2.00 bits per heavy atom.